The van der Waals surface area contributed by atoms with Crippen LogP contribution in [0.2, 0.25) is 0 Å². The molecule has 0 spiro atoms. The topological polar surface area (TPSA) is 29.5 Å². The third-order valence-electron chi connectivity index (χ3n) is 13.1. The molecule has 4 fully saturated rings. The first kappa shape index (κ1) is 24.4. The van der Waals surface area contributed by atoms with Crippen LogP contribution in [0, 0.1) is 50.7 Å². The Morgan fingerprint density at radius 2 is 1.45 bits per heavy atom. The molecule has 9 unspecified atom stereocenters. The van der Waals surface area contributed by atoms with Gasteiger partial charge >= 0.3 is 0 Å². The molecule has 0 aromatic rings. The first-order valence-corrected chi connectivity index (χ1v) is 14.2. The molecule has 1 N–H and O–H groups in total. The van der Waals surface area contributed by atoms with E-state index in [1.807, 2.05) is 12.7 Å². The Bertz CT molecular complexity index is 810. The molecule has 2 nitrogen and oxygen atoms in total. The van der Waals surface area contributed by atoms with Crippen molar-refractivity contribution in [3.63, 3.8) is 0 Å². The Labute approximate surface area is 204 Å². The van der Waals surface area contributed by atoms with E-state index in [9.17, 15) is 5.11 Å². The molecule has 0 radical (unpaired) electrons. The largest absolute Gasteiger partial charge is 0.393 e. The highest BCUT2D eigenvalue weighted by Gasteiger charge is 2.63. The number of aliphatic hydroxyl groups is 1. The van der Waals surface area contributed by atoms with E-state index in [2.05, 4.69) is 54.5 Å². The summed E-state index contributed by atoms with van der Waals surface area (Å²) in [6.45, 7) is 17.6. The third-order valence-corrected chi connectivity index (χ3v) is 13.1. The average Bonchev–Trinajstić information content (AvgIpc) is 2.88. The van der Waals surface area contributed by atoms with Crippen LogP contribution in [0.3, 0.4) is 0 Å². The summed E-state index contributed by atoms with van der Waals surface area (Å²) in [5.41, 5.74) is 3.32. The molecule has 0 saturated heterocycles. The van der Waals surface area contributed by atoms with E-state index in [0.717, 1.165) is 24.2 Å². The van der Waals surface area contributed by atoms with E-state index in [0.29, 0.717) is 28.3 Å². The number of hydrogen-bond donors (Lipinski definition) is 1. The van der Waals surface area contributed by atoms with Crippen molar-refractivity contribution in [2.24, 2.45) is 50.7 Å². The van der Waals surface area contributed by atoms with Crippen LogP contribution in [0.4, 0.5) is 0 Å². The lowest BCUT2D eigenvalue weighted by molar-refractivity contribution is -0.170. The molecule has 5 rings (SSSR count). The molecule has 4 saturated carbocycles. The molecule has 2 heteroatoms. The maximum absolute atomic E-state index is 10.9. The van der Waals surface area contributed by atoms with Crippen LogP contribution in [-0.2, 0) is 4.74 Å². The van der Waals surface area contributed by atoms with Gasteiger partial charge in [-0.15, -0.1) is 0 Å². The number of rotatable bonds is 1. The monoisotopic (exact) mass is 456 g/mol. The van der Waals surface area contributed by atoms with Gasteiger partial charge in [-0.05, 0) is 115 Å². The smallest absolute Gasteiger partial charge is 0.0625 e. The first-order valence-electron chi connectivity index (χ1n) is 14.2. The zero-order valence-corrected chi connectivity index (χ0v) is 23.0. The number of ether oxygens (including phenoxy) is 1. The van der Waals surface area contributed by atoms with Gasteiger partial charge in [0.15, 0.2) is 0 Å². The second-order valence-corrected chi connectivity index (χ2v) is 15.1. The van der Waals surface area contributed by atoms with E-state index >= 15 is 0 Å². The Morgan fingerprint density at radius 1 is 0.758 bits per heavy atom. The quantitative estimate of drug-likeness (QED) is 0.408. The second-order valence-electron chi connectivity index (χ2n) is 15.1. The summed E-state index contributed by atoms with van der Waals surface area (Å²) in [6.07, 6.45) is 15.7. The normalized spacial score (nSPS) is 52.9. The van der Waals surface area contributed by atoms with E-state index in [1.165, 1.54) is 57.8 Å². The summed E-state index contributed by atoms with van der Waals surface area (Å²) < 4.78 is 6.01. The minimum atomic E-state index is -0.131. The third kappa shape index (κ3) is 3.24. The van der Waals surface area contributed by atoms with Crippen molar-refractivity contribution in [3.05, 3.63) is 11.6 Å². The summed E-state index contributed by atoms with van der Waals surface area (Å²) in [5, 5.41) is 10.9. The molecule has 0 bridgehead atoms. The van der Waals surface area contributed by atoms with E-state index in [1.54, 1.807) is 0 Å². The lowest BCUT2D eigenvalue weighted by Gasteiger charge is -2.63. The summed E-state index contributed by atoms with van der Waals surface area (Å²) in [7, 11) is 1.93. The zero-order valence-electron chi connectivity index (χ0n) is 23.0. The first-order chi connectivity index (χ1) is 15.3. The molecule has 188 valence electrons. The molecule has 5 aliphatic carbocycles. The minimum Gasteiger partial charge on any atom is -0.393 e. The summed E-state index contributed by atoms with van der Waals surface area (Å²) >= 11 is 0. The molecule has 0 aromatic heterocycles. The maximum atomic E-state index is 10.9. The average molecular weight is 457 g/mol. The Morgan fingerprint density at radius 3 is 2.15 bits per heavy atom. The van der Waals surface area contributed by atoms with Crippen molar-refractivity contribution in [2.75, 3.05) is 7.11 Å². The lowest BCUT2D eigenvalue weighted by Crippen LogP contribution is -2.58. The van der Waals surface area contributed by atoms with Crippen LogP contribution in [0.5, 0.6) is 0 Å². The van der Waals surface area contributed by atoms with Gasteiger partial charge in [-0.2, -0.15) is 0 Å². The summed E-state index contributed by atoms with van der Waals surface area (Å²) in [6, 6.07) is 0. The van der Waals surface area contributed by atoms with E-state index in [4.69, 9.17) is 4.74 Å². The predicted octanol–water partition coefficient (Wildman–Crippen LogP) is 7.79. The van der Waals surface area contributed by atoms with Crippen molar-refractivity contribution >= 4 is 0 Å². The van der Waals surface area contributed by atoms with Crippen LogP contribution in [0.15, 0.2) is 11.6 Å². The summed E-state index contributed by atoms with van der Waals surface area (Å²) in [4.78, 5) is 0. The van der Waals surface area contributed by atoms with Crippen molar-refractivity contribution in [2.45, 2.75) is 125 Å². The van der Waals surface area contributed by atoms with Crippen molar-refractivity contribution in [1.82, 2.24) is 0 Å². The Kier molecular flexibility index (Phi) is 5.60. The fraction of sp³-hybridized carbons (Fsp3) is 0.935. The molecule has 0 heterocycles. The van der Waals surface area contributed by atoms with Gasteiger partial charge in [0.25, 0.3) is 0 Å². The predicted molar refractivity (Wildman–Crippen MR) is 137 cm³/mol. The fourth-order valence-electron chi connectivity index (χ4n) is 11.3. The van der Waals surface area contributed by atoms with Crippen molar-refractivity contribution < 1.29 is 9.84 Å². The van der Waals surface area contributed by atoms with Gasteiger partial charge in [0, 0.05) is 7.11 Å². The van der Waals surface area contributed by atoms with Gasteiger partial charge in [0.1, 0.15) is 0 Å². The molecule has 0 aliphatic heterocycles. The van der Waals surface area contributed by atoms with Crippen molar-refractivity contribution in [3.8, 4) is 0 Å². The molecule has 0 aromatic carbocycles. The van der Waals surface area contributed by atoms with E-state index < -0.39 is 0 Å². The van der Waals surface area contributed by atoms with Gasteiger partial charge in [0.2, 0.25) is 0 Å². The fourth-order valence-corrected chi connectivity index (χ4v) is 11.3. The van der Waals surface area contributed by atoms with Gasteiger partial charge in [0.05, 0.1) is 12.2 Å². The molecular formula is C31H52O2. The molecule has 0 amide bonds. The van der Waals surface area contributed by atoms with Crippen LogP contribution >= 0.6 is 0 Å². The Hall–Kier alpha value is -0.340. The van der Waals surface area contributed by atoms with Gasteiger partial charge < -0.3 is 9.84 Å². The zero-order chi connectivity index (χ0) is 24.0. The second kappa shape index (κ2) is 7.58. The highest BCUT2D eigenvalue weighted by atomic mass is 16.5. The number of allylic oxidation sites excluding steroid dienone is 2. The maximum Gasteiger partial charge on any atom is 0.0625 e. The lowest BCUT2D eigenvalue weighted by atomic mass is 9.42. The molecular weight excluding hydrogens is 404 g/mol. The number of fused-ring (bicyclic) bond motifs is 6. The molecule has 9 atom stereocenters. The number of hydrogen-bond acceptors (Lipinski definition) is 2. The standard InChI is InChI=1S/C31H52O2/c1-27(2)23-13-16-29(5)19-20-9-11-22-28(3,4)26(33-8)15-18-30(22,6)21(20)10-12-24(29)31(23,7)17-14-25(27)32/h9,21-26,32H,10-19H2,1-8H3. The highest BCUT2D eigenvalue weighted by molar-refractivity contribution is 5.25. The minimum absolute atomic E-state index is 0.0479. The molecule has 5 aliphatic rings. The molecule has 33 heavy (non-hydrogen) atoms. The van der Waals surface area contributed by atoms with Crippen LogP contribution in [0.1, 0.15) is 113 Å². The Balaban J connectivity index is 1.49. The highest BCUT2D eigenvalue weighted by Crippen LogP contribution is 2.70. The van der Waals surface area contributed by atoms with Gasteiger partial charge in [-0.25, -0.2) is 0 Å². The van der Waals surface area contributed by atoms with Crippen LogP contribution in [-0.4, -0.2) is 24.4 Å². The van der Waals surface area contributed by atoms with Crippen molar-refractivity contribution in [1.29, 1.82) is 0 Å². The van der Waals surface area contributed by atoms with E-state index in [-0.39, 0.29) is 16.9 Å². The SMILES string of the molecule is COC1CCC2(C)C3CCC4C(C)(CCC5C(C)(C)C(O)CCC45C)CC3=CCC2C1(C)C. The number of aliphatic hydroxyl groups excluding tert-OH is 1. The number of methoxy groups -OCH3 is 1. The van der Waals surface area contributed by atoms with Crippen LogP contribution < -0.4 is 0 Å². The van der Waals surface area contributed by atoms with Gasteiger partial charge in [-0.3, -0.25) is 0 Å². The summed E-state index contributed by atoms with van der Waals surface area (Å²) in [5.74, 6) is 2.91. The van der Waals surface area contributed by atoms with Gasteiger partial charge in [-0.1, -0.05) is 60.1 Å². The van der Waals surface area contributed by atoms with Crippen LogP contribution in [0.25, 0.3) is 0 Å².